The van der Waals surface area contributed by atoms with Gasteiger partial charge < -0.3 is 5.11 Å². The van der Waals surface area contributed by atoms with Crippen molar-refractivity contribution in [2.24, 2.45) is 0 Å². The fraction of sp³-hybridized carbons (Fsp3) is 0.500. The van der Waals surface area contributed by atoms with E-state index in [1.165, 1.54) is 0 Å². The maximum atomic E-state index is 10.6. The van der Waals surface area contributed by atoms with Crippen LogP contribution in [0.25, 0.3) is 0 Å². The van der Waals surface area contributed by atoms with Crippen LogP contribution in [0.5, 0.6) is 0 Å². The van der Waals surface area contributed by atoms with Crippen molar-refractivity contribution >= 4 is 24.8 Å². The standard InChI is InChI=1S/C2HF3O2.Li/c3-2(4,5)1(6)7;/h(H,6,7);. The third kappa shape index (κ3) is 4.03. The van der Waals surface area contributed by atoms with Gasteiger partial charge in [-0.2, -0.15) is 13.2 Å². The zero-order valence-electron chi connectivity index (χ0n) is 3.99. The van der Waals surface area contributed by atoms with Gasteiger partial charge in [0.05, 0.1) is 0 Å². The molecule has 43 valence electrons. The van der Waals surface area contributed by atoms with Crippen LogP contribution in [0.3, 0.4) is 0 Å². The van der Waals surface area contributed by atoms with Gasteiger partial charge in [-0.1, -0.05) is 0 Å². The average Bonchev–Trinajstić information content (AvgIpc) is 1.31. The Morgan fingerprint density at radius 3 is 1.50 bits per heavy atom. The molecular formula is C2HF3LiO2. The van der Waals surface area contributed by atoms with Gasteiger partial charge in [-0.05, 0) is 0 Å². The number of rotatable bonds is 0. The summed E-state index contributed by atoms with van der Waals surface area (Å²) in [6.45, 7) is 0. The summed E-state index contributed by atoms with van der Waals surface area (Å²) in [5, 5.41) is 7.12. The molecule has 0 spiro atoms. The van der Waals surface area contributed by atoms with Crippen molar-refractivity contribution in [1.29, 1.82) is 0 Å². The quantitative estimate of drug-likeness (QED) is 0.466. The van der Waals surface area contributed by atoms with Gasteiger partial charge >= 0.3 is 12.1 Å². The predicted molar refractivity (Wildman–Crippen MR) is 19.4 cm³/mol. The van der Waals surface area contributed by atoms with Crippen molar-refractivity contribution in [3.8, 4) is 0 Å². The van der Waals surface area contributed by atoms with Crippen LogP contribution in [0, 0.1) is 0 Å². The Hall–Kier alpha value is -0.143. The number of halogens is 3. The second-order valence-electron chi connectivity index (χ2n) is 0.803. The Morgan fingerprint density at radius 1 is 1.38 bits per heavy atom. The first-order valence-electron chi connectivity index (χ1n) is 1.24. The number of carboxylic acid groups (broad SMARTS) is 1. The van der Waals surface area contributed by atoms with Gasteiger partial charge in [0, 0.05) is 18.9 Å². The van der Waals surface area contributed by atoms with Crippen LogP contribution < -0.4 is 0 Å². The third-order valence-corrected chi connectivity index (χ3v) is 0.243. The first kappa shape index (κ1) is 10.8. The second kappa shape index (κ2) is 3.00. The number of hydrogen-bond acceptors (Lipinski definition) is 1. The Labute approximate surface area is 54.9 Å². The normalized spacial score (nSPS) is 9.88. The zero-order chi connectivity index (χ0) is 6.08. The SMILES string of the molecule is O=C(O)C(F)(F)F.[Li]. The van der Waals surface area contributed by atoms with Gasteiger partial charge in [0.15, 0.2) is 0 Å². The molecule has 6 heteroatoms. The Bertz CT molecular complexity index is 87.8. The summed E-state index contributed by atoms with van der Waals surface area (Å²) in [5.41, 5.74) is 0. The van der Waals surface area contributed by atoms with Crippen molar-refractivity contribution in [2.75, 3.05) is 0 Å². The number of hydrogen-bond donors (Lipinski definition) is 1. The predicted octanol–water partition coefficient (Wildman–Crippen LogP) is 0.253. The summed E-state index contributed by atoms with van der Waals surface area (Å²) < 4.78 is 31.7. The molecule has 8 heavy (non-hydrogen) atoms. The zero-order valence-corrected chi connectivity index (χ0v) is 3.99. The van der Waals surface area contributed by atoms with E-state index in [4.69, 9.17) is 9.90 Å². The molecule has 0 heterocycles. The number of aliphatic carboxylic acids is 1. The third-order valence-electron chi connectivity index (χ3n) is 0.243. The largest absolute Gasteiger partial charge is 0.490 e. The maximum absolute atomic E-state index is 10.6. The van der Waals surface area contributed by atoms with Gasteiger partial charge in [-0.25, -0.2) is 4.79 Å². The number of alkyl halides is 3. The molecule has 0 aliphatic heterocycles. The molecule has 2 nitrogen and oxygen atoms in total. The van der Waals surface area contributed by atoms with E-state index >= 15 is 0 Å². The molecule has 0 fully saturated rings. The van der Waals surface area contributed by atoms with E-state index in [9.17, 15) is 13.2 Å². The molecule has 0 bridgehead atoms. The summed E-state index contributed by atoms with van der Waals surface area (Å²) in [5.74, 6) is -2.76. The summed E-state index contributed by atoms with van der Waals surface area (Å²) in [6.07, 6.45) is -5.08. The van der Waals surface area contributed by atoms with E-state index in [0.717, 1.165) is 0 Å². The van der Waals surface area contributed by atoms with Crippen molar-refractivity contribution in [3.05, 3.63) is 0 Å². The minimum Gasteiger partial charge on any atom is -0.475 e. The molecule has 0 aromatic carbocycles. The van der Waals surface area contributed by atoms with Crippen LogP contribution in [0.15, 0.2) is 0 Å². The molecule has 1 radical (unpaired) electrons. The minimum absolute atomic E-state index is 0. The van der Waals surface area contributed by atoms with Crippen LogP contribution in [-0.4, -0.2) is 36.1 Å². The molecule has 0 aromatic rings. The van der Waals surface area contributed by atoms with Crippen LogP contribution in [0.2, 0.25) is 0 Å². The molecule has 0 saturated heterocycles. The fourth-order valence-electron chi connectivity index (χ4n) is 0. The molecule has 0 saturated carbocycles. The van der Waals surface area contributed by atoms with Crippen molar-refractivity contribution < 1.29 is 23.1 Å². The Kier molecular flexibility index (Phi) is 4.04. The smallest absolute Gasteiger partial charge is 0.475 e. The van der Waals surface area contributed by atoms with Crippen LogP contribution in [0.1, 0.15) is 0 Å². The van der Waals surface area contributed by atoms with Gasteiger partial charge in [0.1, 0.15) is 0 Å². The van der Waals surface area contributed by atoms with Crippen molar-refractivity contribution in [2.45, 2.75) is 6.18 Å². The summed E-state index contributed by atoms with van der Waals surface area (Å²) in [6, 6.07) is 0. The van der Waals surface area contributed by atoms with E-state index in [2.05, 4.69) is 0 Å². The van der Waals surface area contributed by atoms with Crippen molar-refractivity contribution in [1.82, 2.24) is 0 Å². The van der Waals surface area contributed by atoms with Crippen molar-refractivity contribution in [3.63, 3.8) is 0 Å². The number of carbonyl (C=O) groups is 1. The van der Waals surface area contributed by atoms with E-state index < -0.39 is 12.1 Å². The molecule has 0 aliphatic carbocycles. The first-order valence-corrected chi connectivity index (χ1v) is 1.24. The van der Waals surface area contributed by atoms with Gasteiger partial charge in [0.2, 0.25) is 0 Å². The fourth-order valence-corrected chi connectivity index (χ4v) is 0. The summed E-state index contributed by atoms with van der Waals surface area (Å²) >= 11 is 0. The van der Waals surface area contributed by atoms with E-state index in [0.29, 0.717) is 0 Å². The molecule has 0 amide bonds. The molecular weight excluding hydrogens is 120 g/mol. The van der Waals surface area contributed by atoms with Gasteiger partial charge in [-0.3, -0.25) is 0 Å². The van der Waals surface area contributed by atoms with E-state index in [1.807, 2.05) is 0 Å². The van der Waals surface area contributed by atoms with Gasteiger partial charge in [0.25, 0.3) is 0 Å². The molecule has 1 N–H and O–H groups in total. The van der Waals surface area contributed by atoms with E-state index in [1.54, 1.807) is 0 Å². The molecule has 0 aliphatic rings. The molecule has 0 rings (SSSR count). The van der Waals surface area contributed by atoms with E-state index in [-0.39, 0.29) is 18.9 Å². The molecule has 0 atom stereocenters. The second-order valence-corrected chi connectivity index (χ2v) is 0.803. The monoisotopic (exact) mass is 121 g/mol. The first-order chi connectivity index (χ1) is 2.94. The molecule has 0 aromatic heterocycles. The Balaban J connectivity index is 0. The summed E-state index contributed by atoms with van der Waals surface area (Å²) in [7, 11) is 0. The van der Waals surface area contributed by atoms with Gasteiger partial charge in [-0.15, -0.1) is 0 Å². The van der Waals surface area contributed by atoms with Crippen LogP contribution >= 0.6 is 0 Å². The molecule has 0 unspecified atom stereocenters. The Morgan fingerprint density at radius 2 is 1.50 bits per heavy atom. The average molecular weight is 121 g/mol. The summed E-state index contributed by atoms with van der Waals surface area (Å²) in [4.78, 5) is 8.90. The maximum Gasteiger partial charge on any atom is 0.490 e. The minimum atomic E-state index is -5.08. The number of carboxylic acids is 1. The van der Waals surface area contributed by atoms with Crippen LogP contribution in [0.4, 0.5) is 13.2 Å². The topological polar surface area (TPSA) is 37.3 Å². The van der Waals surface area contributed by atoms with Crippen LogP contribution in [-0.2, 0) is 4.79 Å².